The average Bonchev–Trinajstić information content (AvgIpc) is 3.01. The number of methoxy groups -OCH3 is 1. The molecule has 2 nitrogen and oxygen atoms in total. The second kappa shape index (κ2) is 6.68. The van der Waals surface area contributed by atoms with Gasteiger partial charge in [-0.05, 0) is 47.1 Å². The Morgan fingerprint density at radius 3 is 1.79 bits per heavy atom. The summed E-state index contributed by atoms with van der Waals surface area (Å²) in [6.07, 6.45) is -0.521. The molecule has 1 atom stereocenters. The van der Waals surface area contributed by atoms with Crippen molar-refractivity contribution in [3.05, 3.63) is 95.1 Å². The van der Waals surface area contributed by atoms with E-state index in [4.69, 9.17) is 4.74 Å². The van der Waals surface area contributed by atoms with Gasteiger partial charge in [-0.25, -0.2) is 0 Å². The van der Waals surface area contributed by atoms with Crippen molar-refractivity contribution in [1.82, 2.24) is 0 Å². The van der Waals surface area contributed by atoms with Crippen LogP contribution in [-0.2, 0) is 4.74 Å². The summed E-state index contributed by atoms with van der Waals surface area (Å²) in [7, 11) is 1.61. The molecule has 2 heteroatoms. The number of rotatable bonds is 3. The minimum atomic E-state index is -0.521. The van der Waals surface area contributed by atoms with Crippen molar-refractivity contribution in [2.24, 2.45) is 0 Å². The molecule has 1 aliphatic rings. The molecule has 0 aliphatic heterocycles. The van der Waals surface area contributed by atoms with Crippen molar-refractivity contribution in [1.29, 1.82) is 0 Å². The molecule has 0 fully saturated rings. The van der Waals surface area contributed by atoms with Crippen LogP contribution in [0.2, 0.25) is 0 Å². The SMILES string of the molecule is COC1C(=O)c2ccc(-c3cccc(C)c3)c3c(-c4cccc(C)c4)ccc1c23. The van der Waals surface area contributed by atoms with E-state index in [0.717, 1.165) is 44.2 Å². The Bertz CT molecular complexity index is 1230. The fourth-order valence-corrected chi connectivity index (χ4v) is 4.57. The summed E-state index contributed by atoms with van der Waals surface area (Å²) in [5.74, 6) is 0.0460. The third-order valence-electron chi connectivity index (χ3n) is 5.87. The van der Waals surface area contributed by atoms with Gasteiger partial charge in [0, 0.05) is 18.1 Å². The fourth-order valence-electron chi connectivity index (χ4n) is 4.57. The average molecular weight is 378 g/mol. The van der Waals surface area contributed by atoms with Gasteiger partial charge >= 0.3 is 0 Å². The van der Waals surface area contributed by atoms with E-state index in [1.807, 2.05) is 6.07 Å². The maximum atomic E-state index is 13.0. The molecule has 0 radical (unpaired) electrons. The lowest BCUT2D eigenvalue weighted by Crippen LogP contribution is -2.07. The lowest BCUT2D eigenvalue weighted by molar-refractivity contribution is 0.0628. The first-order chi connectivity index (χ1) is 14.1. The molecule has 1 unspecified atom stereocenters. The van der Waals surface area contributed by atoms with Gasteiger partial charge in [0.15, 0.2) is 5.78 Å². The molecular weight excluding hydrogens is 356 g/mol. The van der Waals surface area contributed by atoms with Gasteiger partial charge < -0.3 is 4.74 Å². The molecule has 0 aromatic heterocycles. The van der Waals surface area contributed by atoms with Gasteiger partial charge in [-0.2, -0.15) is 0 Å². The van der Waals surface area contributed by atoms with E-state index in [0.29, 0.717) is 0 Å². The lowest BCUT2D eigenvalue weighted by Gasteiger charge is -2.15. The highest BCUT2D eigenvalue weighted by Gasteiger charge is 2.34. The molecule has 0 saturated heterocycles. The second-order valence-electron chi connectivity index (χ2n) is 7.83. The molecule has 29 heavy (non-hydrogen) atoms. The Hall–Kier alpha value is -3.23. The predicted molar refractivity (Wildman–Crippen MR) is 118 cm³/mol. The predicted octanol–water partition coefficient (Wildman–Crippen LogP) is 6.67. The molecule has 0 saturated carbocycles. The fraction of sp³-hybridized carbons (Fsp3) is 0.148. The van der Waals surface area contributed by atoms with Gasteiger partial charge in [-0.15, -0.1) is 0 Å². The molecule has 4 aromatic rings. The highest BCUT2D eigenvalue weighted by Crippen LogP contribution is 2.46. The molecule has 0 bridgehead atoms. The monoisotopic (exact) mass is 378 g/mol. The van der Waals surface area contributed by atoms with E-state index >= 15 is 0 Å². The summed E-state index contributed by atoms with van der Waals surface area (Å²) >= 11 is 0. The normalized spacial score (nSPS) is 15.3. The summed E-state index contributed by atoms with van der Waals surface area (Å²) in [5.41, 5.74) is 8.78. The van der Waals surface area contributed by atoms with Crippen molar-refractivity contribution >= 4 is 16.6 Å². The zero-order chi connectivity index (χ0) is 20.1. The highest BCUT2D eigenvalue weighted by atomic mass is 16.5. The van der Waals surface area contributed by atoms with E-state index in [1.165, 1.54) is 11.1 Å². The maximum absolute atomic E-state index is 13.0. The molecule has 1 aliphatic carbocycles. The summed E-state index contributed by atoms with van der Waals surface area (Å²) in [6, 6.07) is 25.3. The number of hydrogen-bond donors (Lipinski definition) is 0. The minimum absolute atomic E-state index is 0.0460. The Labute approximate surface area is 170 Å². The Balaban J connectivity index is 1.92. The van der Waals surface area contributed by atoms with Crippen LogP contribution in [0.3, 0.4) is 0 Å². The zero-order valence-corrected chi connectivity index (χ0v) is 16.8. The van der Waals surface area contributed by atoms with Crippen LogP contribution in [0.5, 0.6) is 0 Å². The summed E-state index contributed by atoms with van der Waals surface area (Å²) in [4.78, 5) is 13.0. The quantitative estimate of drug-likeness (QED) is 0.398. The van der Waals surface area contributed by atoms with Crippen molar-refractivity contribution in [2.45, 2.75) is 20.0 Å². The number of benzene rings is 4. The van der Waals surface area contributed by atoms with Gasteiger partial charge in [-0.1, -0.05) is 83.9 Å². The van der Waals surface area contributed by atoms with E-state index in [-0.39, 0.29) is 5.78 Å². The van der Waals surface area contributed by atoms with Gasteiger partial charge in [0.2, 0.25) is 0 Å². The summed E-state index contributed by atoms with van der Waals surface area (Å²) in [5, 5.41) is 2.16. The van der Waals surface area contributed by atoms with Crippen LogP contribution in [-0.4, -0.2) is 12.9 Å². The van der Waals surface area contributed by atoms with Crippen LogP contribution in [0.25, 0.3) is 33.0 Å². The van der Waals surface area contributed by atoms with E-state index in [2.05, 4.69) is 80.6 Å². The van der Waals surface area contributed by atoms with Gasteiger partial charge in [-0.3, -0.25) is 4.79 Å². The molecular formula is C27H22O2. The van der Waals surface area contributed by atoms with Crippen LogP contribution in [0.1, 0.15) is 33.2 Å². The van der Waals surface area contributed by atoms with E-state index < -0.39 is 6.10 Å². The van der Waals surface area contributed by atoms with Crippen LogP contribution >= 0.6 is 0 Å². The smallest absolute Gasteiger partial charge is 0.196 e. The van der Waals surface area contributed by atoms with Crippen LogP contribution in [0, 0.1) is 13.8 Å². The zero-order valence-electron chi connectivity index (χ0n) is 16.8. The summed E-state index contributed by atoms with van der Waals surface area (Å²) < 4.78 is 5.58. The van der Waals surface area contributed by atoms with Crippen LogP contribution < -0.4 is 0 Å². The van der Waals surface area contributed by atoms with Gasteiger partial charge in [0.1, 0.15) is 6.10 Å². The molecule has 0 amide bonds. The molecule has 0 N–H and O–H groups in total. The van der Waals surface area contributed by atoms with E-state index in [9.17, 15) is 4.79 Å². The van der Waals surface area contributed by atoms with Gasteiger partial charge in [0.25, 0.3) is 0 Å². The second-order valence-corrected chi connectivity index (χ2v) is 7.83. The lowest BCUT2D eigenvalue weighted by atomic mass is 9.88. The van der Waals surface area contributed by atoms with Crippen molar-refractivity contribution in [3.63, 3.8) is 0 Å². The van der Waals surface area contributed by atoms with E-state index in [1.54, 1.807) is 7.11 Å². The minimum Gasteiger partial charge on any atom is -0.369 e. The number of aryl methyl sites for hydroxylation is 2. The van der Waals surface area contributed by atoms with Crippen LogP contribution in [0.15, 0.2) is 72.8 Å². The largest absolute Gasteiger partial charge is 0.369 e. The van der Waals surface area contributed by atoms with Crippen molar-refractivity contribution in [2.75, 3.05) is 7.11 Å². The molecule has 4 aromatic carbocycles. The third-order valence-corrected chi connectivity index (χ3v) is 5.87. The molecule has 0 heterocycles. The topological polar surface area (TPSA) is 26.3 Å². The number of Topliss-reactive ketones (excluding diaryl/α,β-unsaturated/α-hetero) is 1. The number of ketones is 1. The standard InChI is InChI=1S/C27H22O2/c1-16-6-4-8-18(14-16)20-10-12-22-25-23(27(29-3)26(22)28)13-11-21(24(20)25)19-9-5-7-17(2)15-19/h4-15,27H,1-3H3. The molecule has 142 valence electrons. The first kappa shape index (κ1) is 17.8. The maximum Gasteiger partial charge on any atom is 0.196 e. The molecule has 0 spiro atoms. The third kappa shape index (κ3) is 2.72. The first-order valence-electron chi connectivity index (χ1n) is 9.89. The number of carbonyl (C=O) groups is 1. The number of carbonyl (C=O) groups excluding carboxylic acids is 1. The number of hydrogen-bond acceptors (Lipinski definition) is 2. The number of ether oxygens (including phenoxy) is 1. The Kier molecular flexibility index (Phi) is 4.11. The Morgan fingerprint density at radius 2 is 1.24 bits per heavy atom. The molecule has 5 rings (SSSR count). The van der Waals surface area contributed by atoms with Crippen molar-refractivity contribution < 1.29 is 9.53 Å². The highest BCUT2D eigenvalue weighted by molar-refractivity contribution is 6.22. The van der Waals surface area contributed by atoms with Crippen LogP contribution in [0.4, 0.5) is 0 Å². The van der Waals surface area contributed by atoms with Crippen molar-refractivity contribution in [3.8, 4) is 22.3 Å². The summed E-state index contributed by atoms with van der Waals surface area (Å²) in [6.45, 7) is 4.21. The first-order valence-corrected chi connectivity index (χ1v) is 9.89. The Morgan fingerprint density at radius 1 is 0.690 bits per heavy atom. The van der Waals surface area contributed by atoms with Gasteiger partial charge in [0.05, 0.1) is 0 Å².